The van der Waals surface area contributed by atoms with E-state index in [4.69, 9.17) is 4.74 Å². The third-order valence-electron chi connectivity index (χ3n) is 3.01. The fourth-order valence-corrected chi connectivity index (χ4v) is 2.16. The van der Waals surface area contributed by atoms with Gasteiger partial charge < -0.3 is 9.84 Å². The molecule has 0 aliphatic carbocycles. The number of ether oxygens (including phenoxy) is 1. The molecule has 94 valence electrons. The Labute approximate surface area is 106 Å². The molecule has 2 aromatic carbocycles. The molecule has 0 bridgehead atoms. The maximum Gasteiger partial charge on any atom is 0.293 e. The van der Waals surface area contributed by atoms with Crippen molar-refractivity contribution in [2.75, 3.05) is 6.61 Å². The SMILES string of the molecule is C[C@H](COC=O)Cc1ccc(O)c2ccccc12. The lowest BCUT2D eigenvalue weighted by atomic mass is 9.96. The van der Waals surface area contributed by atoms with Gasteiger partial charge in [-0.3, -0.25) is 4.79 Å². The van der Waals surface area contributed by atoms with Crippen LogP contribution in [0.1, 0.15) is 12.5 Å². The summed E-state index contributed by atoms with van der Waals surface area (Å²) in [4.78, 5) is 10.2. The second-order valence-corrected chi connectivity index (χ2v) is 4.53. The summed E-state index contributed by atoms with van der Waals surface area (Å²) < 4.78 is 4.77. The summed E-state index contributed by atoms with van der Waals surface area (Å²) in [6.07, 6.45) is 0.814. The standard InChI is InChI=1S/C15H16O3/c1-11(9-18-10-16)8-12-6-7-15(17)14-5-3-2-4-13(12)14/h2-7,10-11,17H,8-9H2,1H3/t11-/m0/s1. The van der Waals surface area contributed by atoms with E-state index in [0.717, 1.165) is 22.8 Å². The lowest BCUT2D eigenvalue weighted by molar-refractivity contribution is -0.129. The van der Waals surface area contributed by atoms with E-state index in [9.17, 15) is 9.90 Å². The molecule has 1 atom stereocenters. The van der Waals surface area contributed by atoms with Crippen molar-refractivity contribution in [3.63, 3.8) is 0 Å². The van der Waals surface area contributed by atoms with E-state index < -0.39 is 0 Å². The molecule has 0 saturated carbocycles. The molecule has 0 aliphatic rings. The number of aromatic hydroxyl groups is 1. The molecule has 0 heterocycles. The predicted molar refractivity (Wildman–Crippen MR) is 70.5 cm³/mol. The van der Waals surface area contributed by atoms with E-state index in [1.165, 1.54) is 0 Å². The van der Waals surface area contributed by atoms with Crippen LogP contribution in [0.5, 0.6) is 5.75 Å². The number of hydrogen-bond acceptors (Lipinski definition) is 3. The Morgan fingerprint density at radius 3 is 2.67 bits per heavy atom. The van der Waals surface area contributed by atoms with Crippen LogP contribution in [0.15, 0.2) is 36.4 Å². The maximum absolute atomic E-state index is 10.2. The molecule has 18 heavy (non-hydrogen) atoms. The fourth-order valence-electron chi connectivity index (χ4n) is 2.16. The third-order valence-corrected chi connectivity index (χ3v) is 3.01. The Morgan fingerprint density at radius 1 is 1.22 bits per heavy atom. The van der Waals surface area contributed by atoms with E-state index in [1.54, 1.807) is 6.07 Å². The van der Waals surface area contributed by atoms with Crippen molar-refractivity contribution in [3.8, 4) is 5.75 Å². The van der Waals surface area contributed by atoms with Gasteiger partial charge in [-0.25, -0.2) is 0 Å². The van der Waals surface area contributed by atoms with E-state index in [2.05, 4.69) is 0 Å². The van der Waals surface area contributed by atoms with Gasteiger partial charge in [0.25, 0.3) is 6.47 Å². The Kier molecular flexibility index (Phi) is 3.82. The maximum atomic E-state index is 10.2. The van der Waals surface area contributed by atoms with Crippen LogP contribution in [0.3, 0.4) is 0 Å². The minimum atomic E-state index is 0.253. The fraction of sp³-hybridized carbons (Fsp3) is 0.267. The molecular formula is C15H16O3. The first kappa shape index (κ1) is 12.4. The average molecular weight is 244 g/mol. The molecule has 0 aliphatic heterocycles. The molecule has 0 spiro atoms. The Morgan fingerprint density at radius 2 is 1.94 bits per heavy atom. The van der Waals surface area contributed by atoms with Crippen LogP contribution in [0, 0.1) is 5.92 Å². The summed E-state index contributed by atoms with van der Waals surface area (Å²) in [5.41, 5.74) is 1.16. The van der Waals surface area contributed by atoms with Gasteiger partial charge in [0.15, 0.2) is 0 Å². The average Bonchev–Trinajstić information content (AvgIpc) is 2.40. The molecule has 1 N–H and O–H groups in total. The Bertz CT molecular complexity index is 548. The van der Waals surface area contributed by atoms with Gasteiger partial charge >= 0.3 is 0 Å². The van der Waals surface area contributed by atoms with Gasteiger partial charge in [-0.2, -0.15) is 0 Å². The third kappa shape index (κ3) is 2.62. The minimum Gasteiger partial charge on any atom is -0.507 e. The monoisotopic (exact) mass is 244 g/mol. The number of phenolic OH excluding ortho intramolecular Hbond substituents is 1. The minimum absolute atomic E-state index is 0.253. The van der Waals surface area contributed by atoms with Gasteiger partial charge in [-0.1, -0.05) is 37.3 Å². The lowest BCUT2D eigenvalue weighted by Crippen LogP contribution is -2.08. The van der Waals surface area contributed by atoms with Gasteiger partial charge in [0.2, 0.25) is 0 Å². The van der Waals surface area contributed by atoms with Crippen molar-refractivity contribution in [1.82, 2.24) is 0 Å². The molecule has 2 rings (SSSR count). The van der Waals surface area contributed by atoms with Crippen LogP contribution in [0.4, 0.5) is 0 Å². The quantitative estimate of drug-likeness (QED) is 0.823. The summed E-state index contributed by atoms with van der Waals surface area (Å²) in [6, 6.07) is 11.4. The number of rotatable bonds is 5. The van der Waals surface area contributed by atoms with Gasteiger partial charge in [0.05, 0.1) is 6.61 Å². The second kappa shape index (κ2) is 5.54. The number of carbonyl (C=O) groups is 1. The summed E-state index contributed by atoms with van der Waals surface area (Å²) >= 11 is 0. The lowest BCUT2D eigenvalue weighted by Gasteiger charge is -2.13. The smallest absolute Gasteiger partial charge is 0.293 e. The largest absolute Gasteiger partial charge is 0.507 e. The first-order valence-electron chi connectivity index (χ1n) is 5.97. The normalized spacial score (nSPS) is 12.3. The van der Waals surface area contributed by atoms with Crippen molar-refractivity contribution < 1.29 is 14.6 Å². The van der Waals surface area contributed by atoms with E-state index in [-0.39, 0.29) is 5.92 Å². The number of benzene rings is 2. The van der Waals surface area contributed by atoms with Crippen molar-refractivity contribution in [3.05, 3.63) is 42.0 Å². The first-order valence-corrected chi connectivity index (χ1v) is 5.97. The van der Waals surface area contributed by atoms with E-state index in [0.29, 0.717) is 18.8 Å². The van der Waals surface area contributed by atoms with Gasteiger partial charge in [-0.05, 0) is 29.4 Å². The highest BCUT2D eigenvalue weighted by Crippen LogP contribution is 2.28. The molecule has 3 nitrogen and oxygen atoms in total. The molecule has 0 amide bonds. The van der Waals surface area contributed by atoms with Crippen LogP contribution < -0.4 is 0 Å². The number of hydrogen-bond donors (Lipinski definition) is 1. The summed E-state index contributed by atoms with van der Waals surface area (Å²) in [5.74, 6) is 0.550. The van der Waals surface area contributed by atoms with E-state index in [1.807, 2.05) is 37.3 Å². The molecule has 0 unspecified atom stereocenters. The summed E-state index contributed by atoms with van der Waals surface area (Å²) in [7, 11) is 0. The van der Waals surface area contributed by atoms with Crippen molar-refractivity contribution in [2.24, 2.45) is 5.92 Å². The zero-order chi connectivity index (χ0) is 13.0. The predicted octanol–water partition coefficient (Wildman–Crippen LogP) is 2.90. The number of fused-ring (bicyclic) bond motifs is 1. The van der Waals surface area contributed by atoms with Gasteiger partial charge in [0, 0.05) is 5.39 Å². The zero-order valence-electron chi connectivity index (χ0n) is 10.3. The molecule has 0 radical (unpaired) electrons. The van der Waals surface area contributed by atoms with Crippen molar-refractivity contribution in [2.45, 2.75) is 13.3 Å². The summed E-state index contributed by atoms with van der Waals surface area (Å²) in [5, 5.41) is 11.7. The van der Waals surface area contributed by atoms with E-state index >= 15 is 0 Å². The highest BCUT2D eigenvalue weighted by molar-refractivity contribution is 5.90. The van der Waals surface area contributed by atoms with Crippen molar-refractivity contribution in [1.29, 1.82) is 0 Å². The van der Waals surface area contributed by atoms with Gasteiger partial charge in [0.1, 0.15) is 5.75 Å². The topological polar surface area (TPSA) is 46.5 Å². The highest BCUT2D eigenvalue weighted by Gasteiger charge is 2.09. The van der Waals surface area contributed by atoms with Crippen LogP contribution in [-0.4, -0.2) is 18.2 Å². The molecule has 0 aromatic heterocycles. The molecule has 3 heteroatoms. The zero-order valence-corrected chi connectivity index (χ0v) is 10.3. The summed E-state index contributed by atoms with van der Waals surface area (Å²) in [6.45, 7) is 2.93. The first-order chi connectivity index (χ1) is 8.72. The molecular weight excluding hydrogens is 228 g/mol. The molecule has 0 fully saturated rings. The number of carbonyl (C=O) groups excluding carboxylic acids is 1. The van der Waals surface area contributed by atoms with Crippen LogP contribution in [0.2, 0.25) is 0 Å². The number of phenols is 1. The van der Waals surface area contributed by atoms with Crippen LogP contribution in [-0.2, 0) is 16.0 Å². The molecule has 2 aromatic rings. The van der Waals surface area contributed by atoms with Crippen molar-refractivity contribution >= 4 is 17.2 Å². The second-order valence-electron chi connectivity index (χ2n) is 4.53. The van der Waals surface area contributed by atoms with Crippen LogP contribution in [0.25, 0.3) is 10.8 Å². The Hall–Kier alpha value is -2.03. The highest BCUT2D eigenvalue weighted by atomic mass is 16.5. The Balaban J connectivity index is 2.28. The molecule has 0 saturated heterocycles. The van der Waals surface area contributed by atoms with Crippen LogP contribution >= 0.6 is 0 Å². The van der Waals surface area contributed by atoms with Gasteiger partial charge in [-0.15, -0.1) is 0 Å².